The Morgan fingerprint density at radius 3 is 1.76 bits per heavy atom. The maximum Gasteiger partial charge on any atom is 0.326 e. The highest BCUT2D eigenvalue weighted by atomic mass is 19.2. The van der Waals surface area contributed by atoms with Gasteiger partial charge >= 0.3 is 5.97 Å². The Morgan fingerprint density at radius 1 is 0.905 bits per heavy atom. The van der Waals surface area contributed by atoms with Gasteiger partial charge in [0.1, 0.15) is 6.04 Å². The van der Waals surface area contributed by atoms with Gasteiger partial charge in [-0.2, -0.15) is 8.78 Å². The maximum atomic E-state index is 13.3. The molecule has 0 saturated carbocycles. The lowest BCUT2D eigenvalue weighted by Gasteiger charge is -2.16. The van der Waals surface area contributed by atoms with Crippen LogP contribution in [0.15, 0.2) is 0 Å². The fourth-order valence-corrected chi connectivity index (χ4v) is 1.20. The first-order valence-corrected chi connectivity index (χ1v) is 5.81. The number of benzene rings is 1. The quantitative estimate of drug-likeness (QED) is 0.298. The molecule has 0 amide bonds. The molecular weight excluding hydrogens is 301 g/mol. The third-order valence-electron chi connectivity index (χ3n) is 2.21. The molecule has 0 saturated heterocycles. The molecule has 21 heavy (non-hydrogen) atoms. The minimum atomic E-state index is -2.30. The van der Waals surface area contributed by atoms with Crippen molar-refractivity contribution in [3.8, 4) is 5.75 Å². The van der Waals surface area contributed by atoms with Gasteiger partial charge in [-0.15, -0.1) is 5.48 Å². The Balaban J connectivity index is 2.88. The van der Waals surface area contributed by atoms with Gasteiger partial charge in [0.15, 0.2) is 0 Å². The average Bonchev–Trinajstić information content (AvgIpc) is 2.42. The lowest BCUT2D eigenvalue weighted by atomic mass is 10.3. The highest BCUT2D eigenvalue weighted by molar-refractivity contribution is 5.75. The van der Waals surface area contributed by atoms with E-state index >= 15 is 0 Å². The van der Waals surface area contributed by atoms with E-state index in [9.17, 15) is 26.7 Å². The lowest BCUT2D eigenvalue weighted by molar-refractivity contribution is -0.151. The van der Waals surface area contributed by atoms with Crippen molar-refractivity contribution in [1.82, 2.24) is 5.48 Å². The van der Waals surface area contributed by atoms with E-state index in [0.29, 0.717) is 0 Å². The molecule has 4 nitrogen and oxygen atoms in total. The molecule has 0 aliphatic carbocycles. The summed E-state index contributed by atoms with van der Waals surface area (Å²) in [6, 6.07) is -1.19. The molecule has 0 aromatic heterocycles. The van der Waals surface area contributed by atoms with Gasteiger partial charge < -0.3 is 9.57 Å². The highest BCUT2D eigenvalue weighted by Crippen LogP contribution is 2.28. The molecule has 1 N–H and O–H groups in total. The van der Waals surface area contributed by atoms with E-state index in [1.165, 1.54) is 6.92 Å². The lowest BCUT2D eigenvalue weighted by Crippen LogP contribution is -2.39. The summed E-state index contributed by atoms with van der Waals surface area (Å²) in [5, 5.41) is 0. The Labute approximate surface area is 116 Å². The van der Waals surface area contributed by atoms with Gasteiger partial charge in [-0.3, -0.25) is 4.79 Å². The SMILES string of the molecule is CC(C)OC(=O)[C@@H](C)NOc1c(F)c(F)c(F)c(F)c1F. The van der Waals surface area contributed by atoms with Gasteiger partial charge in [0.05, 0.1) is 6.10 Å². The van der Waals surface area contributed by atoms with Crippen LogP contribution < -0.4 is 10.3 Å². The number of carbonyl (C=O) groups excluding carboxylic acids is 1. The summed E-state index contributed by atoms with van der Waals surface area (Å²) in [5.41, 5.74) is 1.85. The highest BCUT2D eigenvalue weighted by Gasteiger charge is 2.28. The molecule has 0 fully saturated rings. The first-order valence-electron chi connectivity index (χ1n) is 5.81. The summed E-state index contributed by atoms with van der Waals surface area (Å²) in [4.78, 5) is 15.7. The monoisotopic (exact) mass is 313 g/mol. The summed E-state index contributed by atoms with van der Waals surface area (Å²) in [6.07, 6.45) is -0.448. The van der Waals surface area contributed by atoms with Gasteiger partial charge in [0.2, 0.25) is 34.8 Å². The van der Waals surface area contributed by atoms with Crippen molar-refractivity contribution in [2.75, 3.05) is 0 Å². The first kappa shape index (κ1) is 17.2. The molecule has 1 rings (SSSR count). The molecule has 0 aliphatic heterocycles. The zero-order chi connectivity index (χ0) is 16.3. The molecule has 0 heterocycles. The molecule has 0 bridgehead atoms. The largest absolute Gasteiger partial charge is 0.462 e. The molecule has 1 aromatic rings. The summed E-state index contributed by atoms with van der Waals surface area (Å²) >= 11 is 0. The van der Waals surface area contributed by atoms with E-state index in [4.69, 9.17) is 4.74 Å². The van der Waals surface area contributed by atoms with E-state index in [1.807, 2.05) is 5.48 Å². The number of ether oxygens (including phenoxy) is 1. The maximum absolute atomic E-state index is 13.3. The van der Waals surface area contributed by atoms with Crippen molar-refractivity contribution >= 4 is 5.97 Å². The molecule has 1 aromatic carbocycles. The number of hydroxylamine groups is 1. The van der Waals surface area contributed by atoms with Crippen LogP contribution in [0.5, 0.6) is 5.75 Å². The van der Waals surface area contributed by atoms with Crippen molar-refractivity contribution < 1.29 is 36.3 Å². The second-order valence-electron chi connectivity index (χ2n) is 4.33. The van der Waals surface area contributed by atoms with Crippen molar-refractivity contribution in [1.29, 1.82) is 0 Å². The fraction of sp³-hybridized carbons (Fsp3) is 0.417. The number of halogens is 5. The van der Waals surface area contributed by atoms with Crippen molar-refractivity contribution in [3.63, 3.8) is 0 Å². The number of hydrogen-bond acceptors (Lipinski definition) is 4. The summed E-state index contributed by atoms with van der Waals surface area (Å²) in [5.74, 6) is -13.3. The Morgan fingerprint density at radius 2 is 1.33 bits per heavy atom. The molecule has 9 heteroatoms. The zero-order valence-corrected chi connectivity index (χ0v) is 11.3. The summed E-state index contributed by atoms with van der Waals surface area (Å²) in [6.45, 7) is 4.35. The molecule has 118 valence electrons. The first-order chi connectivity index (χ1) is 9.66. The molecular formula is C12H12F5NO3. The van der Waals surface area contributed by atoms with Crippen LogP contribution in [0.2, 0.25) is 0 Å². The Hall–Kier alpha value is -1.90. The van der Waals surface area contributed by atoms with Crippen LogP contribution in [0, 0.1) is 29.1 Å². The molecule has 0 aliphatic rings. The third kappa shape index (κ3) is 3.81. The molecule has 1 atom stereocenters. The summed E-state index contributed by atoms with van der Waals surface area (Å²) in [7, 11) is 0. The van der Waals surface area contributed by atoms with Crippen LogP contribution in [0.25, 0.3) is 0 Å². The number of carbonyl (C=O) groups is 1. The number of rotatable bonds is 5. The minimum absolute atomic E-state index is 0.448. The zero-order valence-electron chi connectivity index (χ0n) is 11.3. The van der Waals surface area contributed by atoms with Crippen molar-refractivity contribution in [2.45, 2.75) is 32.9 Å². The van der Waals surface area contributed by atoms with Crippen molar-refractivity contribution in [3.05, 3.63) is 29.1 Å². The van der Waals surface area contributed by atoms with Crippen molar-refractivity contribution in [2.24, 2.45) is 0 Å². The summed E-state index contributed by atoms with van der Waals surface area (Å²) < 4.78 is 69.9. The van der Waals surface area contributed by atoms with E-state index in [0.717, 1.165) is 0 Å². The number of nitrogens with one attached hydrogen (secondary N) is 1. The fourth-order valence-electron chi connectivity index (χ4n) is 1.20. The topological polar surface area (TPSA) is 47.6 Å². The smallest absolute Gasteiger partial charge is 0.326 e. The number of hydrogen-bond donors (Lipinski definition) is 1. The van der Waals surface area contributed by atoms with Crippen LogP contribution in [-0.2, 0) is 9.53 Å². The third-order valence-corrected chi connectivity index (χ3v) is 2.21. The standard InChI is InChI=1S/C12H12F5NO3/c1-4(2)20-12(19)5(3)18-21-11-9(16)7(14)6(13)8(15)10(11)17/h4-5,18H,1-3H3/t5-/m1/s1. The molecule has 0 unspecified atom stereocenters. The van der Waals surface area contributed by atoms with Gasteiger partial charge in [0.25, 0.3) is 0 Å². The van der Waals surface area contributed by atoms with Crippen LogP contribution in [-0.4, -0.2) is 18.1 Å². The Bertz CT molecular complexity index is 521. The van der Waals surface area contributed by atoms with E-state index in [-0.39, 0.29) is 0 Å². The van der Waals surface area contributed by atoms with Crippen LogP contribution >= 0.6 is 0 Å². The van der Waals surface area contributed by atoms with Gasteiger partial charge in [-0.1, -0.05) is 0 Å². The normalized spacial score (nSPS) is 12.4. The molecule has 0 spiro atoms. The predicted molar refractivity (Wildman–Crippen MR) is 60.7 cm³/mol. The Kier molecular flexibility index (Phi) is 5.47. The van der Waals surface area contributed by atoms with E-state index in [2.05, 4.69) is 4.84 Å². The predicted octanol–water partition coefficient (Wildman–Crippen LogP) is 2.61. The van der Waals surface area contributed by atoms with Gasteiger partial charge in [-0.25, -0.2) is 13.2 Å². The van der Waals surface area contributed by atoms with E-state index < -0.39 is 53.0 Å². The second-order valence-corrected chi connectivity index (χ2v) is 4.33. The van der Waals surface area contributed by atoms with E-state index in [1.54, 1.807) is 13.8 Å². The number of esters is 1. The average molecular weight is 313 g/mol. The molecule has 0 radical (unpaired) electrons. The van der Waals surface area contributed by atoms with Crippen LogP contribution in [0.4, 0.5) is 22.0 Å². The van der Waals surface area contributed by atoms with Crippen LogP contribution in [0.1, 0.15) is 20.8 Å². The van der Waals surface area contributed by atoms with Gasteiger partial charge in [-0.05, 0) is 20.8 Å². The van der Waals surface area contributed by atoms with Gasteiger partial charge in [0, 0.05) is 0 Å². The van der Waals surface area contributed by atoms with Crippen LogP contribution in [0.3, 0.4) is 0 Å². The minimum Gasteiger partial charge on any atom is -0.462 e. The second kappa shape index (κ2) is 6.70.